The topological polar surface area (TPSA) is 109 Å². The van der Waals surface area contributed by atoms with E-state index < -0.39 is 12.1 Å². The van der Waals surface area contributed by atoms with E-state index in [2.05, 4.69) is 24.5 Å². The summed E-state index contributed by atoms with van der Waals surface area (Å²) in [6.45, 7) is 11.5. The SMILES string of the molecule is CC(C)CCC(=O)N1CCCC(=O)N[C@H](CC(C)C)C(=O)N[C@H](C)c2nc(-c3ccccc3)nn2CC1. The highest BCUT2D eigenvalue weighted by molar-refractivity contribution is 5.87. The first-order chi connectivity index (χ1) is 17.6. The second kappa shape index (κ2) is 13.4. The van der Waals surface area contributed by atoms with Gasteiger partial charge in [-0.1, -0.05) is 58.0 Å². The molecule has 2 atom stereocenters. The molecule has 9 nitrogen and oxygen atoms in total. The van der Waals surface area contributed by atoms with Gasteiger partial charge in [-0.3, -0.25) is 14.4 Å². The van der Waals surface area contributed by atoms with Crippen LogP contribution in [0.4, 0.5) is 0 Å². The predicted octanol–water partition coefficient (Wildman–Crippen LogP) is 3.71. The van der Waals surface area contributed by atoms with Gasteiger partial charge in [0.15, 0.2) is 5.82 Å². The van der Waals surface area contributed by atoms with Crippen molar-refractivity contribution >= 4 is 17.7 Å². The number of hydrogen-bond donors (Lipinski definition) is 2. The molecule has 0 saturated heterocycles. The summed E-state index contributed by atoms with van der Waals surface area (Å²) in [5.41, 5.74) is 0.883. The predicted molar refractivity (Wildman–Crippen MR) is 143 cm³/mol. The van der Waals surface area contributed by atoms with Crippen LogP contribution in [0.1, 0.15) is 78.6 Å². The molecule has 0 unspecified atom stereocenters. The molecule has 9 heteroatoms. The number of nitrogens with one attached hydrogen (secondary N) is 2. The Morgan fingerprint density at radius 2 is 1.76 bits per heavy atom. The molecule has 2 heterocycles. The zero-order valence-electron chi connectivity index (χ0n) is 22.9. The smallest absolute Gasteiger partial charge is 0.243 e. The maximum absolute atomic E-state index is 13.2. The third-order valence-electron chi connectivity index (χ3n) is 6.54. The van der Waals surface area contributed by atoms with Crippen molar-refractivity contribution < 1.29 is 14.4 Å². The zero-order chi connectivity index (χ0) is 26.9. The van der Waals surface area contributed by atoms with Gasteiger partial charge in [0.05, 0.1) is 12.6 Å². The highest BCUT2D eigenvalue weighted by Gasteiger charge is 2.27. The second-order valence-corrected chi connectivity index (χ2v) is 10.8. The highest BCUT2D eigenvalue weighted by Crippen LogP contribution is 2.20. The summed E-state index contributed by atoms with van der Waals surface area (Å²) < 4.78 is 1.80. The van der Waals surface area contributed by atoms with E-state index in [-0.39, 0.29) is 30.1 Å². The van der Waals surface area contributed by atoms with Crippen LogP contribution < -0.4 is 10.6 Å². The first kappa shape index (κ1) is 28.3. The number of aromatic nitrogens is 3. The lowest BCUT2D eigenvalue weighted by atomic mass is 10.0. The van der Waals surface area contributed by atoms with Crippen LogP contribution >= 0.6 is 0 Å². The summed E-state index contributed by atoms with van der Waals surface area (Å²) in [7, 11) is 0. The van der Waals surface area contributed by atoms with Crippen LogP contribution in [-0.4, -0.2) is 56.5 Å². The molecule has 2 N–H and O–H groups in total. The van der Waals surface area contributed by atoms with Gasteiger partial charge in [0, 0.05) is 31.5 Å². The van der Waals surface area contributed by atoms with Crippen molar-refractivity contribution in [3.63, 3.8) is 0 Å². The minimum atomic E-state index is -0.633. The van der Waals surface area contributed by atoms with Gasteiger partial charge in [-0.15, -0.1) is 0 Å². The van der Waals surface area contributed by atoms with Gasteiger partial charge in [-0.25, -0.2) is 9.67 Å². The van der Waals surface area contributed by atoms with E-state index in [1.165, 1.54) is 0 Å². The fraction of sp³-hybridized carbons (Fsp3) is 0.607. The molecule has 0 radical (unpaired) electrons. The van der Waals surface area contributed by atoms with Crippen molar-refractivity contribution in [1.29, 1.82) is 0 Å². The van der Waals surface area contributed by atoms with E-state index in [0.717, 1.165) is 12.0 Å². The van der Waals surface area contributed by atoms with Crippen molar-refractivity contribution in [2.45, 2.75) is 85.4 Å². The summed E-state index contributed by atoms with van der Waals surface area (Å²) >= 11 is 0. The largest absolute Gasteiger partial charge is 0.345 e. The Balaban J connectivity index is 1.93. The zero-order valence-corrected chi connectivity index (χ0v) is 22.9. The van der Waals surface area contributed by atoms with Gasteiger partial charge in [0.2, 0.25) is 17.7 Å². The Hall–Kier alpha value is -3.23. The normalized spacial score (nSPS) is 19.8. The van der Waals surface area contributed by atoms with Crippen LogP contribution in [0.5, 0.6) is 0 Å². The van der Waals surface area contributed by atoms with Gasteiger partial charge in [-0.05, 0) is 38.0 Å². The summed E-state index contributed by atoms with van der Waals surface area (Å²) in [4.78, 5) is 45.6. The third-order valence-corrected chi connectivity index (χ3v) is 6.54. The first-order valence-corrected chi connectivity index (χ1v) is 13.5. The third kappa shape index (κ3) is 8.40. The minimum absolute atomic E-state index is 0.0881. The average molecular weight is 511 g/mol. The van der Waals surface area contributed by atoms with Gasteiger partial charge in [0.1, 0.15) is 11.9 Å². The molecular formula is C28H42N6O3. The lowest BCUT2D eigenvalue weighted by Crippen LogP contribution is -2.48. The number of carbonyl (C=O) groups is 3. The quantitative estimate of drug-likeness (QED) is 0.616. The molecule has 1 aromatic heterocycles. The standard InChI is InChI=1S/C28H42N6O3/c1-19(2)13-14-25(36)33-15-9-12-24(35)30-23(18-20(3)4)28(37)29-21(5)27-31-26(32-34(27)17-16-33)22-10-7-6-8-11-22/h6-8,10-11,19-21,23H,9,12-18H2,1-5H3,(H,29,37)(H,30,35)/t21-,23-/m1/s1. The average Bonchev–Trinajstić information content (AvgIpc) is 3.28. The summed E-state index contributed by atoms with van der Waals surface area (Å²) in [5.74, 6) is 1.55. The van der Waals surface area contributed by atoms with Crippen molar-refractivity contribution in [3.05, 3.63) is 36.2 Å². The highest BCUT2D eigenvalue weighted by atomic mass is 16.2. The van der Waals surface area contributed by atoms with E-state index in [0.29, 0.717) is 56.5 Å². The Bertz CT molecular complexity index is 1050. The number of nitrogens with zero attached hydrogens (tertiary/aromatic N) is 4. The molecule has 3 rings (SSSR count). The van der Waals surface area contributed by atoms with Crippen LogP contribution in [0.25, 0.3) is 11.4 Å². The number of benzene rings is 1. The number of hydrogen-bond acceptors (Lipinski definition) is 5. The fourth-order valence-electron chi connectivity index (χ4n) is 4.47. The lowest BCUT2D eigenvalue weighted by molar-refractivity contribution is -0.132. The van der Waals surface area contributed by atoms with Crippen LogP contribution in [0.3, 0.4) is 0 Å². The molecule has 0 spiro atoms. The monoisotopic (exact) mass is 510 g/mol. The molecule has 2 aromatic rings. The molecule has 0 aliphatic carbocycles. The number of carbonyl (C=O) groups excluding carboxylic acids is 3. The maximum atomic E-state index is 13.2. The molecule has 1 aromatic carbocycles. The Morgan fingerprint density at radius 3 is 2.43 bits per heavy atom. The van der Waals surface area contributed by atoms with Gasteiger partial charge in [-0.2, -0.15) is 5.10 Å². The number of rotatable bonds is 6. The van der Waals surface area contributed by atoms with Crippen LogP contribution in [0, 0.1) is 11.8 Å². The molecule has 1 aliphatic heterocycles. The van der Waals surface area contributed by atoms with Crippen molar-refractivity contribution in [2.75, 3.05) is 13.1 Å². The van der Waals surface area contributed by atoms with E-state index in [1.54, 1.807) is 4.68 Å². The van der Waals surface area contributed by atoms with Crippen LogP contribution in [0.2, 0.25) is 0 Å². The van der Waals surface area contributed by atoms with E-state index in [4.69, 9.17) is 10.1 Å². The number of fused-ring (bicyclic) bond motifs is 1. The molecule has 0 bridgehead atoms. The van der Waals surface area contributed by atoms with E-state index in [9.17, 15) is 14.4 Å². The molecule has 0 saturated carbocycles. The molecule has 0 fully saturated rings. The minimum Gasteiger partial charge on any atom is -0.345 e. The molecular weight excluding hydrogens is 468 g/mol. The molecule has 37 heavy (non-hydrogen) atoms. The maximum Gasteiger partial charge on any atom is 0.243 e. The Labute approximate surface area is 220 Å². The number of amides is 3. The van der Waals surface area contributed by atoms with E-state index >= 15 is 0 Å². The van der Waals surface area contributed by atoms with Crippen LogP contribution in [-0.2, 0) is 20.9 Å². The molecule has 3 amide bonds. The van der Waals surface area contributed by atoms with Gasteiger partial charge in [0.25, 0.3) is 0 Å². The van der Waals surface area contributed by atoms with Crippen molar-refractivity contribution in [2.24, 2.45) is 11.8 Å². The lowest BCUT2D eigenvalue weighted by Gasteiger charge is -2.26. The molecule has 202 valence electrons. The fourth-order valence-corrected chi connectivity index (χ4v) is 4.47. The Morgan fingerprint density at radius 1 is 1.03 bits per heavy atom. The molecule has 1 aliphatic rings. The van der Waals surface area contributed by atoms with Crippen molar-refractivity contribution in [1.82, 2.24) is 30.3 Å². The van der Waals surface area contributed by atoms with Crippen molar-refractivity contribution in [3.8, 4) is 11.4 Å². The van der Waals surface area contributed by atoms with Gasteiger partial charge >= 0.3 is 0 Å². The van der Waals surface area contributed by atoms with Gasteiger partial charge < -0.3 is 15.5 Å². The summed E-state index contributed by atoms with van der Waals surface area (Å²) in [5, 5.41) is 10.7. The summed E-state index contributed by atoms with van der Waals surface area (Å²) in [6.07, 6.45) is 2.63. The van der Waals surface area contributed by atoms with E-state index in [1.807, 2.05) is 56.0 Å². The Kier molecular flexibility index (Phi) is 10.2. The second-order valence-electron chi connectivity index (χ2n) is 10.8. The first-order valence-electron chi connectivity index (χ1n) is 13.5. The summed E-state index contributed by atoms with van der Waals surface area (Å²) in [6, 6.07) is 8.64. The van der Waals surface area contributed by atoms with Crippen LogP contribution in [0.15, 0.2) is 30.3 Å².